The molecule has 0 radical (unpaired) electrons. The van der Waals surface area contributed by atoms with Crippen molar-refractivity contribution >= 4 is 5.71 Å². The number of hydrogen-bond acceptors (Lipinski definition) is 2. The molecule has 0 unspecified atom stereocenters. The molecule has 0 atom stereocenters. The minimum absolute atomic E-state index is 0.138. The lowest BCUT2D eigenvalue weighted by Gasteiger charge is -2.04. The van der Waals surface area contributed by atoms with Gasteiger partial charge < -0.3 is 4.84 Å². The molecule has 0 N–H and O–H groups in total. The maximum absolute atomic E-state index is 5.15. The maximum Gasteiger partial charge on any atom is 0.122 e. The van der Waals surface area contributed by atoms with Gasteiger partial charge in [-0.15, -0.1) is 0 Å². The molecule has 0 fully saturated rings. The summed E-state index contributed by atoms with van der Waals surface area (Å²) in [5.41, 5.74) is 2.01. The lowest BCUT2D eigenvalue weighted by molar-refractivity contribution is 0.0860. The molecule has 1 aromatic carbocycles. The van der Waals surface area contributed by atoms with Crippen molar-refractivity contribution in [2.24, 2.45) is 5.16 Å². The number of hydrogen-bond donors (Lipinski definition) is 0. The molecule has 1 aromatic rings. The molecule has 2 nitrogen and oxygen atoms in total. The van der Waals surface area contributed by atoms with Gasteiger partial charge in [-0.2, -0.15) is 0 Å². The van der Waals surface area contributed by atoms with E-state index >= 15 is 0 Å². The molecule has 0 spiro atoms. The zero-order chi connectivity index (χ0) is 9.68. The zero-order valence-electron chi connectivity index (χ0n) is 8.32. The second-order valence-electron chi connectivity index (χ2n) is 3.20. The van der Waals surface area contributed by atoms with Crippen LogP contribution in [0, 0.1) is 0 Å². The smallest absolute Gasteiger partial charge is 0.122 e. The van der Waals surface area contributed by atoms with Gasteiger partial charge in [-0.3, -0.25) is 0 Å². The SMILES string of the molecule is C/C(=N\OC(C)C)c1ccccc1. The van der Waals surface area contributed by atoms with Crippen molar-refractivity contribution in [1.82, 2.24) is 0 Å². The average Bonchev–Trinajstić information content (AvgIpc) is 2.15. The molecule has 0 saturated heterocycles. The van der Waals surface area contributed by atoms with Gasteiger partial charge in [0.05, 0.1) is 5.71 Å². The van der Waals surface area contributed by atoms with Crippen LogP contribution in [-0.2, 0) is 4.84 Å². The summed E-state index contributed by atoms with van der Waals surface area (Å²) < 4.78 is 0. The highest BCUT2D eigenvalue weighted by Gasteiger charge is 1.96. The number of benzene rings is 1. The van der Waals surface area contributed by atoms with E-state index in [1.165, 1.54) is 0 Å². The van der Waals surface area contributed by atoms with E-state index in [0.717, 1.165) is 11.3 Å². The van der Waals surface area contributed by atoms with Crippen molar-refractivity contribution in [3.05, 3.63) is 35.9 Å². The van der Waals surface area contributed by atoms with Crippen LogP contribution in [-0.4, -0.2) is 11.8 Å². The third-order valence-corrected chi connectivity index (χ3v) is 1.59. The summed E-state index contributed by atoms with van der Waals surface area (Å²) in [6.07, 6.45) is 0.138. The second kappa shape index (κ2) is 4.65. The lowest BCUT2D eigenvalue weighted by Crippen LogP contribution is -2.01. The Bertz CT molecular complexity index is 277. The standard InChI is InChI=1S/C11H15NO/c1-9(2)13-12-10(3)11-7-5-4-6-8-11/h4-9H,1-3H3/b12-10+. The van der Waals surface area contributed by atoms with Crippen LogP contribution in [0.15, 0.2) is 35.5 Å². The van der Waals surface area contributed by atoms with E-state index in [4.69, 9.17) is 4.84 Å². The minimum atomic E-state index is 0.138. The van der Waals surface area contributed by atoms with Gasteiger partial charge in [0.25, 0.3) is 0 Å². The third kappa shape index (κ3) is 3.28. The Kier molecular flexibility index (Phi) is 3.50. The van der Waals surface area contributed by atoms with Crippen LogP contribution in [0.3, 0.4) is 0 Å². The summed E-state index contributed by atoms with van der Waals surface area (Å²) >= 11 is 0. The summed E-state index contributed by atoms with van der Waals surface area (Å²) in [5, 5.41) is 4.01. The quantitative estimate of drug-likeness (QED) is 0.514. The van der Waals surface area contributed by atoms with Gasteiger partial charge in [0, 0.05) is 0 Å². The van der Waals surface area contributed by atoms with E-state index in [0.29, 0.717) is 0 Å². The Morgan fingerprint density at radius 1 is 1.23 bits per heavy atom. The molecule has 1 rings (SSSR count). The molecule has 0 heterocycles. The molecule has 0 aromatic heterocycles. The van der Waals surface area contributed by atoms with Gasteiger partial charge in [-0.05, 0) is 26.3 Å². The maximum atomic E-state index is 5.15. The summed E-state index contributed by atoms with van der Waals surface area (Å²) in [7, 11) is 0. The fourth-order valence-electron chi connectivity index (χ4n) is 0.917. The van der Waals surface area contributed by atoms with Crippen molar-refractivity contribution in [2.75, 3.05) is 0 Å². The van der Waals surface area contributed by atoms with E-state index in [1.807, 2.05) is 51.1 Å². The Morgan fingerprint density at radius 2 is 1.85 bits per heavy atom. The summed E-state index contributed by atoms with van der Waals surface area (Å²) in [5.74, 6) is 0. The van der Waals surface area contributed by atoms with Crippen molar-refractivity contribution in [2.45, 2.75) is 26.9 Å². The van der Waals surface area contributed by atoms with Crippen LogP contribution in [0.2, 0.25) is 0 Å². The third-order valence-electron chi connectivity index (χ3n) is 1.59. The van der Waals surface area contributed by atoms with Gasteiger partial charge in [0.2, 0.25) is 0 Å². The van der Waals surface area contributed by atoms with Crippen LogP contribution in [0.5, 0.6) is 0 Å². The Labute approximate surface area is 79.2 Å². The topological polar surface area (TPSA) is 21.6 Å². The van der Waals surface area contributed by atoms with Crippen molar-refractivity contribution in [3.63, 3.8) is 0 Å². The van der Waals surface area contributed by atoms with E-state index in [2.05, 4.69) is 5.16 Å². The highest BCUT2D eigenvalue weighted by atomic mass is 16.6. The summed E-state index contributed by atoms with van der Waals surface area (Å²) in [6.45, 7) is 5.86. The molecule has 0 saturated carbocycles. The van der Waals surface area contributed by atoms with Crippen LogP contribution >= 0.6 is 0 Å². The van der Waals surface area contributed by atoms with E-state index in [-0.39, 0.29) is 6.10 Å². The summed E-state index contributed by atoms with van der Waals surface area (Å²) in [4.78, 5) is 5.15. The first-order valence-electron chi connectivity index (χ1n) is 4.46. The predicted molar refractivity (Wildman–Crippen MR) is 54.9 cm³/mol. The minimum Gasteiger partial charge on any atom is -0.393 e. The largest absolute Gasteiger partial charge is 0.393 e. The molecule has 2 heteroatoms. The van der Waals surface area contributed by atoms with Gasteiger partial charge in [0.15, 0.2) is 0 Å². The van der Waals surface area contributed by atoms with Crippen LogP contribution in [0.25, 0.3) is 0 Å². The highest BCUT2D eigenvalue weighted by Crippen LogP contribution is 2.01. The van der Waals surface area contributed by atoms with Gasteiger partial charge in [0.1, 0.15) is 6.10 Å². The summed E-state index contributed by atoms with van der Waals surface area (Å²) in [6, 6.07) is 10.00. The van der Waals surface area contributed by atoms with Gasteiger partial charge in [-0.25, -0.2) is 0 Å². The van der Waals surface area contributed by atoms with Crippen LogP contribution in [0.1, 0.15) is 26.3 Å². The van der Waals surface area contributed by atoms with Gasteiger partial charge in [-0.1, -0.05) is 35.5 Å². The Balaban J connectivity index is 2.68. The van der Waals surface area contributed by atoms with Gasteiger partial charge >= 0.3 is 0 Å². The fraction of sp³-hybridized carbons (Fsp3) is 0.364. The molecule has 0 amide bonds. The number of rotatable bonds is 3. The Morgan fingerprint density at radius 3 is 2.38 bits per heavy atom. The normalized spacial score (nSPS) is 11.8. The molecular weight excluding hydrogens is 162 g/mol. The molecular formula is C11H15NO. The van der Waals surface area contributed by atoms with E-state index < -0.39 is 0 Å². The molecule has 0 aliphatic carbocycles. The van der Waals surface area contributed by atoms with Crippen molar-refractivity contribution in [3.8, 4) is 0 Å². The predicted octanol–water partition coefficient (Wildman–Crippen LogP) is 2.84. The number of nitrogens with zero attached hydrogens (tertiary/aromatic N) is 1. The zero-order valence-corrected chi connectivity index (χ0v) is 8.32. The monoisotopic (exact) mass is 177 g/mol. The molecule has 70 valence electrons. The highest BCUT2D eigenvalue weighted by molar-refractivity contribution is 5.98. The molecule has 0 aliphatic heterocycles. The van der Waals surface area contributed by atoms with Crippen molar-refractivity contribution in [1.29, 1.82) is 0 Å². The first-order valence-corrected chi connectivity index (χ1v) is 4.46. The number of oxime groups is 1. The first-order chi connectivity index (χ1) is 6.20. The second-order valence-corrected chi connectivity index (χ2v) is 3.20. The Hall–Kier alpha value is -1.31. The van der Waals surface area contributed by atoms with E-state index in [9.17, 15) is 0 Å². The van der Waals surface area contributed by atoms with Crippen molar-refractivity contribution < 1.29 is 4.84 Å². The molecule has 0 bridgehead atoms. The van der Waals surface area contributed by atoms with E-state index in [1.54, 1.807) is 0 Å². The van der Waals surface area contributed by atoms with Crippen LogP contribution in [0.4, 0.5) is 0 Å². The average molecular weight is 177 g/mol. The molecule has 0 aliphatic rings. The first kappa shape index (κ1) is 9.78. The molecule has 13 heavy (non-hydrogen) atoms. The fourth-order valence-corrected chi connectivity index (χ4v) is 0.917. The van der Waals surface area contributed by atoms with Crippen LogP contribution < -0.4 is 0 Å². The lowest BCUT2D eigenvalue weighted by atomic mass is 10.1.